The number of hydrogen-bond acceptors (Lipinski definition) is 4. The van der Waals surface area contributed by atoms with E-state index in [0.29, 0.717) is 13.0 Å². The molecule has 2 amide bonds. The molecular formula is C16H25N3O3. The van der Waals surface area contributed by atoms with E-state index in [2.05, 4.69) is 10.6 Å². The van der Waals surface area contributed by atoms with Gasteiger partial charge < -0.3 is 21.1 Å². The lowest BCUT2D eigenvalue weighted by atomic mass is 10.1. The van der Waals surface area contributed by atoms with Crippen LogP contribution in [0.4, 0.5) is 10.5 Å². The maximum Gasteiger partial charge on any atom is 0.407 e. The fourth-order valence-electron chi connectivity index (χ4n) is 1.85. The Kier molecular flexibility index (Phi) is 6.22. The number of nitrogens with one attached hydrogen (secondary N) is 2. The first kappa shape index (κ1) is 17.8. The molecule has 1 aromatic rings. The first-order chi connectivity index (χ1) is 10.2. The molecule has 0 fully saturated rings. The van der Waals surface area contributed by atoms with Crippen molar-refractivity contribution in [2.75, 3.05) is 11.9 Å². The molecule has 0 aliphatic carbocycles. The molecule has 0 saturated carbocycles. The Hall–Kier alpha value is -2.24. The van der Waals surface area contributed by atoms with E-state index in [-0.39, 0.29) is 0 Å². The van der Waals surface area contributed by atoms with Crippen molar-refractivity contribution in [3.05, 3.63) is 29.8 Å². The van der Waals surface area contributed by atoms with Crippen molar-refractivity contribution in [3.8, 4) is 0 Å². The summed E-state index contributed by atoms with van der Waals surface area (Å²) >= 11 is 0. The van der Waals surface area contributed by atoms with Gasteiger partial charge in [0.05, 0.1) is 0 Å². The quantitative estimate of drug-likeness (QED) is 0.751. The van der Waals surface area contributed by atoms with Crippen LogP contribution in [0.1, 0.15) is 32.8 Å². The van der Waals surface area contributed by atoms with Crippen molar-refractivity contribution in [1.82, 2.24) is 5.32 Å². The molecule has 1 aromatic carbocycles. The summed E-state index contributed by atoms with van der Waals surface area (Å²) in [6.07, 6.45) is -0.131. The lowest BCUT2D eigenvalue weighted by Crippen LogP contribution is -2.40. The van der Waals surface area contributed by atoms with Gasteiger partial charge in [0.1, 0.15) is 11.6 Å². The first-order valence-corrected chi connectivity index (χ1v) is 7.27. The molecule has 0 spiro atoms. The predicted octanol–water partition coefficient (Wildman–Crippen LogP) is 2.18. The molecule has 0 heterocycles. The number of nitrogens with two attached hydrogens (primary N) is 1. The Labute approximate surface area is 131 Å². The van der Waals surface area contributed by atoms with Crippen molar-refractivity contribution in [3.63, 3.8) is 0 Å². The predicted molar refractivity (Wildman–Crippen MR) is 86.6 cm³/mol. The largest absolute Gasteiger partial charge is 0.444 e. The number of carbonyl (C=O) groups is 2. The van der Waals surface area contributed by atoms with Crippen molar-refractivity contribution in [1.29, 1.82) is 0 Å². The molecule has 6 nitrogen and oxygen atoms in total. The molecule has 0 bridgehead atoms. The van der Waals surface area contributed by atoms with Gasteiger partial charge in [0.15, 0.2) is 0 Å². The highest BCUT2D eigenvalue weighted by atomic mass is 16.6. The normalized spacial score (nSPS) is 12.4. The number of primary amides is 1. The zero-order valence-corrected chi connectivity index (χ0v) is 13.6. The molecule has 122 valence electrons. The number of hydrogen-bond donors (Lipinski definition) is 3. The SMILES string of the molecule is Cc1cccc(NC(CCNC(=O)OC(C)(C)C)C(N)=O)c1. The number of alkyl carbamates (subject to hydrolysis) is 1. The minimum atomic E-state index is -0.559. The molecule has 22 heavy (non-hydrogen) atoms. The molecule has 6 heteroatoms. The average molecular weight is 307 g/mol. The molecule has 0 saturated heterocycles. The van der Waals surface area contributed by atoms with Crippen LogP contribution in [0.2, 0.25) is 0 Å². The van der Waals surface area contributed by atoms with Crippen molar-refractivity contribution in [2.45, 2.75) is 45.8 Å². The van der Waals surface area contributed by atoms with Crippen LogP contribution in [0.25, 0.3) is 0 Å². The molecule has 0 aliphatic rings. The molecule has 0 radical (unpaired) electrons. The molecule has 1 atom stereocenters. The van der Waals surface area contributed by atoms with Crippen LogP contribution in [0.15, 0.2) is 24.3 Å². The van der Waals surface area contributed by atoms with Gasteiger partial charge in [-0.3, -0.25) is 4.79 Å². The number of rotatable bonds is 6. The molecule has 0 aromatic heterocycles. The second-order valence-corrected chi connectivity index (χ2v) is 6.19. The summed E-state index contributed by atoms with van der Waals surface area (Å²) in [7, 11) is 0. The van der Waals surface area contributed by atoms with E-state index in [0.717, 1.165) is 11.3 Å². The second-order valence-electron chi connectivity index (χ2n) is 6.19. The number of anilines is 1. The number of amides is 2. The maximum atomic E-state index is 11.5. The standard InChI is InChI=1S/C16H25N3O3/c1-11-6-5-7-12(10-11)19-13(14(17)20)8-9-18-15(21)22-16(2,3)4/h5-7,10,13,19H,8-9H2,1-4H3,(H2,17,20)(H,18,21). The zero-order chi connectivity index (χ0) is 16.8. The van der Waals surface area contributed by atoms with Crippen molar-refractivity contribution < 1.29 is 14.3 Å². The lowest BCUT2D eigenvalue weighted by Gasteiger charge is -2.21. The number of carbonyl (C=O) groups excluding carboxylic acids is 2. The van der Waals surface area contributed by atoms with Gasteiger partial charge in [0.25, 0.3) is 0 Å². The highest BCUT2D eigenvalue weighted by molar-refractivity contribution is 5.83. The Balaban J connectivity index is 2.48. The summed E-state index contributed by atoms with van der Waals surface area (Å²) < 4.78 is 5.13. The van der Waals surface area contributed by atoms with E-state index in [1.54, 1.807) is 20.8 Å². The topological polar surface area (TPSA) is 93.4 Å². The van der Waals surface area contributed by atoms with Gasteiger partial charge in [0, 0.05) is 12.2 Å². The van der Waals surface area contributed by atoms with E-state index in [1.807, 2.05) is 31.2 Å². The Morgan fingerprint density at radius 2 is 2.00 bits per heavy atom. The van der Waals surface area contributed by atoms with Crippen LogP contribution in [-0.2, 0) is 9.53 Å². The molecule has 1 unspecified atom stereocenters. The minimum absolute atomic E-state index is 0.293. The van der Waals surface area contributed by atoms with Gasteiger partial charge in [0.2, 0.25) is 5.91 Å². The lowest BCUT2D eigenvalue weighted by molar-refractivity contribution is -0.118. The van der Waals surface area contributed by atoms with Gasteiger partial charge in [-0.1, -0.05) is 12.1 Å². The third-order valence-corrected chi connectivity index (χ3v) is 2.80. The van der Waals surface area contributed by atoms with Crippen molar-refractivity contribution in [2.24, 2.45) is 5.73 Å². The van der Waals surface area contributed by atoms with Crippen LogP contribution >= 0.6 is 0 Å². The maximum absolute atomic E-state index is 11.5. The highest BCUT2D eigenvalue weighted by Gasteiger charge is 2.18. The monoisotopic (exact) mass is 307 g/mol. The fraction of sp³-hybridized carbons (Fsp3) is 0.500. The summed E-state index contributed by atoms with van der Waals surface area (Å²) in [5.74, 6) is -0.465. The van der Waals surface area contributed by atoms with E-state index < -0.39 is 23.6 Å². The summed E-state index contributed by atoms with van der Waals surface area (Å²) in [6.45, 7) is 7.63. The van der Waals surface area contributed by atoms with Gasteiger partial charge in [-0.2, -0.15) is 0 Å². The van der Waals surface area contributed by atoms with Gasteiger partial charge in [-0.25, -0.2) is 4.79 Å². The summed E-state index contributed by atoms with van der Waals surface area (Å²) in [4.78, 5) is 23.1. The molecular weight excluding hydrogens is 282 g/mol. The number of benzene rings is 1. The molecule has 1 rings (SSSR count). The van der Waals surface area contributed by atoms with Crippen LogP contribution in [-0.4, -0.2) is 30.2 Å². The average Bonchev–Trinajstić information content (AvgIpc) is 2.35. The van der Waals surface area contributed by atoms with Gasteiger partial charge >= 0.3 is 6.09 Å². The minimum Gasteiger partial charge on any atom is -0.444 e. The smallest absolute Gasteiger partial charge is 0.407 e. The first-order valence-electron chi connectivity index (χ1n) is 7.27. The van der Waals surface area contributed by atoms with E-state index in [9.17, 15) is 9.59 Å². The van der Waals surface area contributed by atoms with E-state index in [1.165, 1.54) is 0 Å². The Morgan fingerprint density at radius 1 is 1.32 bits per heavy atom. The zero-order valence-electron chi connectivity index (χ0n) is 13.6. The highest BCUT2D eigenvalue weighted by Crippen LogP contribution is 2.12. The van der Waals surface area contributed by atoms with Crippen LogP contribution in [0.5, 0.6) is 0 Å². The van der Waals surface area contributed by atoms with E-state index in [4.69, 9.17) is 10.5 Å². The third-order valence-electron chi connectivity index (χ3n) is 2.80. The van der Waals surface area contributed by atoms with Crippen LogP contribution < -0.4 is 16.4 Å². The number of aryl methyl sites for hydroxylation is 1. The van der Waals surface area contributed by atoms with Crippen LogP contribution in [0.3, 0.4) is 0 Å². The van der Waals surface area contributed by atoms with E-state index >= 15 is 0 Å². The summed E-state index contributed by atoms with van der Waals surface area (Å²) in [5, 5.41) is 5.69. The van der Waals surface area contributed by atoms with Crippen molar-refractivity contribution >= 4 is 17.7 Å². The third kappa shape index (κ3) is 6.97. The van der Waals surface area contributed by atoms with Gasteiger partial charge in [-0.15, -0.1) is 0 Å². The second kappa shape index (κ2) is 7.68. The molecule has 4 N–H and O–H groups in total. The Morgan fingerprint density at radius 3 is 2.55 bits per heavy atom. The molecule has 0 aliphatic heterocycles. The number of ether oxygens (including phenoxy) is 1. The van der Waals surface area contributed by atoms with Crippen LogP contribution in [0, 0.1) is 6.92 Å². The summed E-state index contributed by atoms with van der Waals surface area (Å²) in [5.41, 5.74) is 6.75. The summed E-state index contributed by atoms with van der Waals surface area (Å²) in [6, 6.07) is 7.10. The Bertz CT molecular complexity index is 524. The van der Waals surface area contributed by atoms with Gasteiger partial charge in [-0.05, 0) is 51.8 Å². The fourth-order valence-corrected chi connectivity index (χ4v) is 1.85.